The monoisotopic (exact) mass is 568 g/mol. The first kappa shape index (κ1) is 24.5. The van der Waals surface area contributed by atoms with Crippen LogP contribution in [0.4, 0.5) is 0 Å². The molecule has 8 rings (SSSR count). The zero-order valence-corrected chi connectivity index (χ0v) is 23.9. The number of nitriles is 2. The number of benzene rings is 6. The maximum Gasteiger partial charge on any atom is 0.0998 e. The Kier molecular flexibility index (Phi) is 5.66. The Hall–Kier alpha value is -5.26. The molecular formula is C38H20N2S2. The van der Waals surface area contributed by atoms with Gasteiger partial charge in [-0.2, -0.15) is 10.5 Å². The number of fused-ring (bicyclic) bond motifs is 6. The van der Waals surface area contributed by atoms with Crippen LogP contribution in [0.1, 0.15) is 11.1 Å². The van der Waals surface area contributed by atoms with E-state index < -0.39 is 0 Å². The van der Waals surface area contributed by atoms with Crippen LogP contribution < -0.4 is 0 Å². The molecule has 194 valence electrons. The lowest BCUT2D eigenvalue weighted by Gasteiger charge is -2.14. The first-order valence-electron chi connectivity index (χ1n) is 13.6. The van der Waals surface area contributed by atoms with E-state index in [0.29, 0.717) is 11.1 Å². The van der Waals surface area contributed by atoms with Gasteiger partial charge in [-0.1, -0.05) is 72.8 Å². The third-order valence-corrected chi connectivity index (χ3v) is 10.2. The smallest absolute Gasteiger partial charge is 0.0998 e. The summed E-state index contributed by atoms with van der Waals surface area (Å²) in [6.45, 7) is 0. The third-order valence-electron chi connectivity index (χ3n) is 7.98. The summed E-state index contributed by atoms with van der Waals surface area (Å²) in [5.41, 5.74) is 7.77. The Balaban J connectivity index is 1.32. The molecular weight excluding hydrogens is 549 g/mol. The van der Waals surface area contributed by atoms with Crippen molar-refractivity contribution in [3.05, 3.63) is 132 Å². The van der Waals surface area contributed by atoms with Gasteiger partial charge in [0.05, 0.1) is 23.3 Å². The molecule has 0 aliphatic rings. The van der Waals surface area contributed by atoms with Crippen LogP contribution >= 0.6 is 22.7 Å². The molecule has 2 heterocycles. The zero-order valence-electron chi connectivity index (χ0n) is 22.3. The third kappa shape index (κ3) is 3.90. The van der Waals surface area contributed by atoms with Crippen LogP contribution in [0.2, 0.25) is 0 Å². The van der Waals surface area contributed by atoms with E-state index in [4.69, 9.17) is 0 Å². The fourth-order valence-electron chi connectivity index (χ4n) is 5.93. The molecule has 0 aliphatic heterocycles. The van der Waals surface area contributed by atoms with Crippen molar-refractivity contribution in [2.45, 2.75) is 0 Å². The summed E-state index contributed by atoms with van der Waals surface area (Å²) in [5, 5.41) is 24.2. The molecule has 8 aromatic rings. The molecule has 0 spiro atoms. The van der Waals surface area contributed by atoms with Crippen molar-refractivity contribution in [3.63, 3.8) is 0 Å². The topological polar surface area (TPSA) is 47.6 Å². The Morgan fingerprint density at radius 2 is 1.05 bits per heavy atom. The first-order valence-corrected chi connectivity index (χ1v) is 15.3. The molecule has 0 unspecified atom stereocenters. The van der Waals surface area contributed by atoms with E-state index >= 15 is 0 Å². The fraction of sp³-hybridized carbons (Fsp3) is 0. The Bertz CT molecular complexity index is 2450. The van der Waals surface area contributed by atoms with Crippen LogP contribution in [0.25, 0.3) is 73.7 Å². The molecule has 0 amide bonds. The molecule has 2 nitrogen and oxygen atoms in total. The number of hydrogen-bond donors (Lipinski definition) is 0. The van der Waals surface area contributed by atoms with Gasteiger partial charge in [0, 0.05) is 45.9 Å². The van der Waals surface area contributed by atoms with Crippen LogP contribution in [0.15, 0.2) is 121 Å². The summed E-state index contributed by atoms with van der Waals surface area (Å²) in [6.07, 6.45) is 0. The summed E-state index contributed by atoms with van der Waals surface area (Å²) < 4.78 is 4.91. The van der Waals surface area contributed by atoms with Gasteiger partial charge >= 0.3 is 0 Å². The standard InChI is InChI=1S/C38H20N2S2/c39-21-23-9-16-36-34(17-23)32-14-11-25(19-37(32)42-36)24-10-13-29(33(18-24)28-6-2-1-5-27(28)22-40)26-12-15-31-30-7-3-4-8-35(30)41-38(31)20-26/h1-20H. The average Bonchev–Trinajstić information content (AvgIpc) is 3.61. The van der Waals surface area contributed by atoms with Gasteiger partial charge in [0.1, 0.15) is 0 Å². The lowest BCUT2D eigenvalue weighted by Crippen LogP contribution is -1.90. The van der Waals surface area contributed by atoms with Crippen LogP contribution in [0.5, 0.6) is 0 Å². The normalized spacial score (nSPS) is 11.3. The predicted octanol–water partition coefficient (Wildman–Crippen LogP) is 11.2. The van der Waals surface area contributed by atoms with Gasteiger partial charge in [-0.15, -0.1) is 22.7 Å². The van der Waals surface area contributed by atoms with E-state index in [1.165, 1.54) is 35.0 Å². The van der Waals surface area contributed by atoms with Crippen molar-refractivity contribution < 1.29 is 0 Å². The van der Waals surface area contributed by atoms with Crippen LogP contribution in [-0.4, -0.2) is 0 Å². The predicted molar refractivity (Wildman–Crippen MR) is 178 cm³/mol. The van der Waals surface area contributed by atoms with Crippen LogP contribution in [-0.2, 0) is 0 Å². The van der Waals surface area contributed by atoms with Crippen LogP contribution in [0.3, 0.4) is 0 Å². The van der Waals surface area contributed by atoms with E-state index in [1.54, 1.807) is 11.3 Å². The lowest BCUT2D eigenvalue weighted by atomic mass is 9.89. The number of nitrogens with zero attached hydrogens (tertiary/aromatic N) is 2. The minimum absolute atomic E-state index is 0.659. The van der Waals surface area contributed by atoms with Crippen molar-refractivity contribution in [3.8, 4) is 45.5 Å². The van der Waals surface area contributed by atoms with Gasteiger partial charge < -0.3 is 0 Å². The molecule has 0 radical (unpaired) electrons. The van der Waals surface area contributed by atoms with Gasteiger partial charge in [0.15, 0.2) is 0 Å². The maximum atomic E-state index is 10.0. The Labute approximate surface area is 250 Å². The van der Waals surface area contributed by atoms with Gasteiger partial charge in [0.25, 0.3) is 0 Å². The molecule has 42 heavy (non-hydrogen) atoms. The highest BCUT2D eigenvalue weighted by molar-refractivity contribution is 7.26. The molecule has 6 aromatic carbocycles. The summed E-state index contributed by atoms with van der Waals surface area (Å²) in [6, 6.07) is 46.9. The summed E-state index contributed by atoms with van der Waals surface area (Å²) in [5.74, 6) is 0. The van der Waals surface area contributed by atoms with Gasteiger partial charge in [0.2, 0.25) is 0 Å². The molecule has 0 saturated heterocycles. The molecule has 0 atom stereocenters. The van der Waals surface area contributed by atoms with Crippen molar-refractivity contribution in [2.24, 2.45) is 0 Å². The van der Waals surface area contributed by atoms with Crippen molar-refractivity contribution in [2.75, 3.05) is 0 Å². The number of thiophene rings is 2. The Morgan fingerprint density at radius 3 is 1.88 bits per heavy atom. The molecule has 2 aromatic heterocycles. The quantitative estimate of drug-likeness (QED) is 0.213. The highest BCUT2D eigenvalue weighted by Crippen LogP contribution is 2.42. The van der Waals surface area contributed by atoms with E-state index in [-0.39, 0.29) is 0 Å². The van der Waals surface area contributed by atoms with E-state index in [9.17, 15) is 10.5 Å². The second-order valence-electron chi connectivity index (χ2n) is 10.4. The summed E-state index contributed by atoms with van der Waals surface area (Å²) in [4.78, 5) is 0. The second-order valence-corrected chi connectivity index (χ2v) is 12.5. The molecule has 0 bridgehead atoms. The SMILES string of the molecule is N#Cc1ccc2sc3cc(-c4ccc(-c5ccc6c(c5)sc5ccccc56)c(-c5ccccc5C#N)c4)ccc3c2c1. The number of rotatable bonds is 3. The van der Waals surface area contributed by atoms with Crippen molar-refractivity contribution in [1.29, 1.82) is 10.5 Å². The minimum atomic E-state index is 0.659. The largest absolute Gasteiger partial charge is 0.192 e. The number of hydrogen-bond acceptors (Lipinski definition) is 4. The second kappa shape index (κ2) is 9.68. The zero-order chi connectivity index (χ0) is 28.2. The fourth-order valence-corrected chi connectivity index (χ4v) is 8.20. The molecule has 0 N–H and O–H groups in total. The summed E-state index contributed by atoms with van der Waals surface area (Å²) in [7, 11) is 0. The van der Waals surface area contributed by atoms with Crippen molar-refractivity contribution >= 4 is 63.0 Å². The van der Waals surface area contributed by atoms with E-state index in [1.807, 2.05) is 53.8 Å². The van der Waals surface area contributed by atoms with E-state index in [0.717, 1.165) is 38.8 Å². The first-order chi connectivity index (χ1) is 20.7. The maximum absolute atomic E-state index is 10.0. The highest BCUT2D eigenvalue weighted by atomic mass is 32.1. The van der Waals surface area contributed by atoms with Gasteiger partial charge in [-0.25, -0.2) is 0 Å². The van der Waals surface area contributed by atoms with Crippen molar-refractivity contribution in [1.82, 2.24) is 0 Å². The minimum Gasteiger partial charge on any atom is -0.192 e. The average molecular weight is 569 g/mol. The van der Waals surface area contributed by atoms with Gasteiger partial charge in [-0.05, 0) is 76.3 Å². The molecule has 0 saturated carbocycles. The lowest BCUT2D eigenvalue weighted by molar-refractivity contribution is 1.48. The van der Waals surface area contributed by atoms with Gasteiger partial charge in [-0.3, -0.25) is 0 Å². The van der Waals surface area contributed by atoms with E-state index in [2.05, 4.69) is 91.0 Å². The van der Waals surface area contributed by atoms with Crippen LogP contribution in [0, 0.1) is 22.7 Å². The summed E-state index contributed by atoms with van der Waals surface area (Å²) >= 11 is 3.56. The Morgan fingerprint density at radius 1 is 0.405 bits per heavy atom. The molecule has 4 heteroatoms. The molecule has 0 aliphatic carbocycles. The highest BCUT2D eigenvalue weighted by Gasteiger charge is 2.15. The molecule has 0 fully saturated rings.